The van der Waals surface area contributed by atoms with Crippen LogP contribution in [0.1, 0.15) is 38.3 Å². The van der Waals surface area contributed by atoms with Gasteiger partial charge in [0.05, 0.1) is 11.0 Å². The lowest BCUT2D eigenvalue weighted by atomic mass is 10.0. The Kier molecular flexibility index (Phi) is 4.61. The van der Waals surface area contributed by atoms with Crippen molar-refractivity contribution in [2.75, 3.05) is 11.1 Å². The van der Waals surface area contributed by atoms with Crippen molar-refractivity contribution in [3.63, 3.8) is 0 Å². The average molecular weight is 338 g/mol. The topological polar surface area (TPSA) is 81.7 Å². The Morgan fingerprint density at radius 1 is 1.16 bits per heavy atom. The van der Waals surface area contributed by atoms with E-state index in [0.29, 0.717) is 23.9 Å². The van der Waals surface area contributed by atoms with Crippen LogP contribution in [-0.2, 0) is 0 Å². The van der Waals surface area contributed by atoms with Crippen LogP contribution >= 0.6 is 0 Å². The molecule has 3 N–H and O–H groups in total. The highest BCUT2D eigenvalue weighted by Gasteiger charge is 2.15. The molecule has 0 saturated heterocycles. The first-order valence-corrected chi connectivity index (χ1v) is 8.75. The summed E-state index contributed by atoms with van der Waals surface area (Å²) in [7, 11) is 0. The summed E-state index contributed by atoms with van der Waals surface area (Å²) in [5.41, 5.74) is 10.3. The Morgan fingerprint density at radius 2 is 1.88 bits per heavy atom. The van der Waals surface area contributed by atoms with Crippen molar-refractivity contribution in [1.29, 1.82) is 0 Å². The molecule has 1 aromatic carbocycles. The highest BCUT2D eigenvalue weighted by Crippen LogP contribution is 2.25. The molecule has 132 valence electrons. The number of nitrogen functional groups attached to an aromatic ring is 1. The lowest BCUT2D eigenvalue weighted by Crippen LogP contribution is -2.25. The maximum atomic E-state index is 6.16. The molecule has 6 nitrogen and oxygen atoms in total. The van der Waals surface area contributed by atoms with Crippen LogP contribution in [-0.4, -0.2) is 25.6 Å². The number of fused-ring (bicyclic) bond motifs is 1. The predicted octanol–water partition coefficient (Wildman–Crippen LogP) is 3.86. The molecule has 3 aromatic rings. The summed E-state index contributed by atoms with van der Waals surface area (Å²) in [6.07, 6.45) is 2.79. The first-order valence-electron chi connectivity index (χ1n) is 8.75. The first kappa shape index (κ1) is 17.2. The molecule has 0 spiro atoms. The number of rotatable bonds is 5. The van der Waals surface area contributed by atoms with Crippen LogP contribution in [0.4, 0.5) is 11.8 Å². The summed E-state index contributed by atoms with van der Waals surface area (Å²) < 4.78 is 1.81. The zero-order chi connectivity index (χ0) is 18.1. The lowest BCUT2D eigenvalue weighted by molar-refractivity contribution is 0.509. The molecule has 0 aliphatic carbocycles. The Bertz CT molecular complexity index is 896. The summed E-state index contributed by atoms with van der Waals surface area (Å²) in [5, 5.41) is 3.49. The molecular formula is C19H26N6. The molecule has 0 aliphatic rings. The monoisotopic (exact) mass is 338 g/mol. The summed E-state index contributed by atoms with van der Waals surface area (Å²) in [6, 6.07) is 6.38. The molecule has 1 atom stereocenters. The second-order valence-electron chi connectivity index (χ2n) is 6.88. The molecule has 6 heteroatoms. The van der Waals surface area contributed by atoms with Crippen molar-refractivity contribution < 1.29 is 0 Å². The molecular weight excluding hydrogens is 312 g/mol. The number of nitrogens with one attached hydrogen (secondary N) is 1. The van der Waals surface area contributed by atoms with E-state index in [1.54, 1.807) is 6.20 Å². The Hall–Kier alpha value is -2.63. The summed E-state index contributed by atoms with van der Waals surface area (Å²) in [6.45, 7) is 10.7. The van der Waals surface area contributed by atoms with Gasteiger partial charge in [-0.05, 0) is 55.5 Å². The number of aryl methyl sites for hydroxylation is 2. The highest BCUT2D eigenvalue weighted by atomic mass is 15.3. The smallest absolute Gasteiger partial charge is 0.238 e. The Labute approximate surface area is 148 Å². The van der Waals surface area contributed by atoms with Gasteiger partial charge >= 0.3 is 0 Å². The molecule has 0 unspecified atom stereocenters. The molecule has 0 aliphatic heterocycles. The number of nitrogens with two attached hydrogens (primary N) is 1. The number of hydrogen-bond acceptors (Lipinski definition) is 5. The fraction of sp³-hybridized carbons (Fsp3) is 0.421. The third kappa shape index (κ3) is 3.29. The molecule has 3 rings (SSSR count). The van der Waals surface area contributed by atoms with Crippen LogP contribution in [0, 0.1) is 19.8 Å². The van der Waals surface area contributed by atoms with Gasteiger partial charge in [-0.15, -0.1) is 0 Å². The van der Waals surface area contributed by atoms with Gasteiger partial charge in [0.25, 0.3) is 0 Å². The third-order valence-electron chi connectivity index (χ3n) is 4.72. The zero-order valence-electron chi connectivity index (χ0n) is 15.5. The summed E-state index contributed by atoms with van der Waals surface area (Å²) in [5.74, 6) is 2.25. The molecule has 0 radical (unpaired) electrons. The maximum Gasteiger partial charge on any atom is 0.238 e. The van der Waals surface area contributed by atoms with Crippen LogP contribution in [0.25, 0.3) is 17.0 Å². The number of hydrogen-bond donors (Lipinski definition) is 2. The third-order valence-corrected chi connectivity index (χ3v) is 4.72. The van der Waals surface area contributed by atoms with E-state index in [1.807, 2.05) is 16.7 Å². The van der Waals surface area contributed by atoms with Crippen molar-refractivity contribution >= 4 is 22.8 Å². The molecule has 0 bridgehead atoms. The van der Waals surface area contributed by atoms with Gasteiger partial charge in [-0.2, -0.15) is 4.98 Å². The van der Waals surface area contributed by atoms with Gasteiger partial charge in [-0.1, -0.05) is 20.8 Å². The van der Waals surface area contributed by atoms with Gasteiger partial charge in [0.2, 0.25) is 11.9 Å². The summed E-state index contributed by atoms with van der Waals surface area (Å²) >= 11 is 0. The van der Waals surface area contributed by atoms with Crippen molar-refractivity contribution in [1.82, 2.24) is 19.5 Å². The number of benzene rings is 1. The highest BCUT2D eigenvalue weighted by molar-refractivity contribution is 5.81. The Morgan fingerprint density at radius 3 is 2.56 bits per heavy atom. The fourth-order valence-corrected chi connectivity index (χ4v) is 3.03. The fourth-order valence-electron chi connectivity index (χ4n) is 3.03. The SMILES string of the molecule is CC[C@@H](Nc1ccnc(-n2c(N)nc3cc(C)c(C)cc32)n1)C(C)C. The van der Waals surface area contributed by atoms with Crippen molar-refractivity contribution in [3.05, 3.63) is 35.5 Å². The van der Waals surface area contributed by atoms with Crippen LogP contribution in [0.3, 0.4) is 0 Å². The number of aromatic nitrogens is 4. The van der Waals surface area contributed by atoms with Crippen LogP contribution in [0.2, 0.25) is 0 Å². The van der Waals surface area contributed by atoms with Crippen molar-refractivity contribution in [2.24, 2.45) is 5.92 Å². The Balaban J connectivity index is 2.05. The van der Waals surface area contributed by atoms with Gasteiger partial charge in [-0.25, -0.2) is 14.5 Å². The van der Waals surface area contributed by atoms with E-state index in [4.69, 9.17) is 5.73 Å². The summed E-state index contributed by atoms with van der Waals surface area (Å²) in [4.78, 5) is 13.6. The molecule has 0 fully saturated rings. The second kappa shape index (κ2) is 6.70. The largest absolute Gasteiger partial charge is 0.369 e. The van der Waals surface area contributed by atoms with Crippen molar-refractivity contribution in [3.8, 4) is 5.95 Å². The van der Waals surface area contributed by atoms with Gasteiger partial charge in [0, 0.05) is 12.2 Å². The molecule has 25 heavy (non-hydrogen) atoms. The second-order valence-corrected chi connectivity index (χ2v) is 6.88. The van der Waals surface area contributed by atoms with Crippen LogP contribution in [0.15, 0.2) is 24.4 Å². The number of imidazole rings is 1. The average Bonchev–Trinajstić information content (AvgIpc) is 2.88. The van der Waals surface area contributed by atoms with E-state index in [0.717, 1.165) is 23.3 Å². The number of anilines is 2. The van der Waals surface area contributed by atoms with E-state index in [-0.39, 0.29) is 0 Å². The van der Waals surface area contributed by atoms with Crippen LogP contribution < -0.4 is 11.1 Å². The molecule has 2 aromatic heterocycles. The maximum absolute atomic E-state index is 6.16. The molecule has 0 saturated carbocycles. The minimum absolute atomic E-state index is 0.365. The minimum atomic E-state index is 0.365. The normalized spacial score (nSPS) is 12.7. The predicted molar refractivity (Wildman–Crippen MR) is 103 cm³/mol. The van der Waals surface area contributed by atoms with Gasteiger partial charge in [-0.3, -0.25) is 0 Å². The van der Waals surface area contributed by atoms with Crippen LogP contribution in [0.5, 0.6) is 0 Å². The van der Waals surface area contributed by atoms with Gasteiger partial charge in [0.15, 0.2) is 0 Å². The first-order chi connectivity index (χ1) is 11.9. The molecule has 2 heterocycles. The zero-order valence-corrected chi connectivity index (χ0v) is 15.5. The number of nitrogens with zero attached hydrogens (tertiary/aromatic N) is 4. The van der Waals surface area contributed by atoms with Gasteiger partial charge < -0.3 is 11.1 Å². The lowest BCUT2D eigenvalue weighted by Gasteiger charge is -2.21. The van der Waals surface area contributed by atoms with E-state index >= 15 is 0 Å². The van der Waals surface area contributed by atoms with E-state index in [9.17, 15) is 0 Å². The molecule has 0 amide bonds. The van der Waals surface area contributed by atoms with E-state index < -0.39 is 0 Å². The van der Waals surface area contributed by atoms with Gasteiger partial charge in [0.1, 0.15) is 5.82 Å². The quantitative estimate of drug-likeness (QED) is 0.738. The van der Waals surface area contributed by atoms with E-state index in [1.165, 1.54) is 11.1 Å². The van der Waals surface area contributed by atoms with Crippen molar-refractivity contribution in [2.45, 2.75) is 47.1 Å². The minimum Gasteiger partial charge on any atom is -0.369 e. The van der Waals surface area contributed by atoms with E-state index in [2.05, 4.69) is 61.0 Å². The standard InChI is InChI=1S/C19H26N6/c1-6-14(11(2)3)22-17-7-8-21-19(24-17)25-16-10-13(5)12(4)9-15(16)23-18(25)20/h7-11,14H,6H2,1-5H3,(H2,20,23)(H,21,22,24)/t14-/m1/s1.